The number of nitrogens with one attached hydrogen (secondary N) is 1. The predicted molar refractivity (Wildman–Crippen MR) is 125 cm³/mol. The van der Waals surface area contributed by atoms with E-state index < -0.39 is 18.2 Å². The first-order valence-electron chi connectivity index (χ1n) is 11.2. The Hall–Kier alpha value is -3.85. The third kappa shape index (κ3) is 4.60. The van der Waals surface area contributed by atoms with Gasteiger partial charge in [0.05, 0.1) is 11.7 Å². The fourth-order valence-corrected chi connectivity index (χ4v) is 4.38. The number of carbonyl (C=O) groups excluding carboxylic acids is 2. The van der Waals surface area contributed by atoms with E-state index in [9.17, 15) is 14.7 Å². The Labute approximate surface area is 198 Å². The molecule has 0 saturated heterocycles. The maximum Gasteiger partial charge on any atom is 0.250 e. The molecule has 0 bridgehead atoms. The lowest BCUT2D eigenvalue weighted by atomic mass is 9.92. The van der Waals surface area contributed by atoms with Crippen LogP contribution in [0.15, 0.2) is 66.9 Å². The van der Waals surface area contributed by atoms with Gasteiger partial charge < -0.3 is 14.9 Å². The summed E-state index contributed by atoms with van der Waals surface area (Å²) in [6.07, 6.45) is 0.842. The number of aromatic nitrogens is 4. The first-order valence-corrected chi connectivity index (χ1v) is 11.2. The highest BCUT2D eigenvalue weighted by Crippen LogP contribution is 2.36. The van der Waals surface area contributed by atoms with Gasteiger partial charge in [-0.25, -0.2) is 0 Å². The molecule has 0 spiro atoms. The summed E-state index contributed by atoms with van der Waals surface area (Å²) in [5.74, 6) is -0.545. The van der Waals surface area contributed by atoms with Crippen molar-refractivity contribution >= 4 is 17.5 Å². The molecule has 9 nitrogen and oxygen atoms in total. The fourth-order valence-electron chi connectivity index (χ4n) is 4.38. The van der Waals surface area contributed by atoms with E-state index in [1.165, 1.54) is 11.8 Å². The Morgan fingerprint density at radius 2 is 1.74 bits per heavy atom. The predicted octanol–water partition coefficient (Wildman–Crippen LogP) is 2.56. The lowest BCUT2D eigenvalue weighted by Gasteiger charge is -2.45. The van der Waals surface area contributed by atoms with Gasteiger partial charge in [-0.05, 0) is 23.5 Å². The van der Waals surface area contributed by atoms with Crippen LogP contribution in [0.4, 0.5) is 0 Å². The molecule has 2 aromatic carbocycles. The molecule has 2 N–H and O–H groups in total. The van der Waals surface area contributed by atoms with Gasteiger partial charge in [0.15, 0.2) is 0 Å². The summed E-state index contributed by atoms with van der Waals surface area (Å²) in [6, 6.07) is 17.5. The second-order valence-electron chi connectivity index (χ2n) is 8.68. The summed E-state index contributed by atoms with van der Waals surface area (Å²) in [6.45, 7) is 5.26. The topological polar surface area (TPSA) is 115 Å². The summed E-state index contributed by atoms with van der Waals surface area (Å²) >= 11 is 0. The van der Waals surface area contributed by atoms with E-state index in [1.54, 1.807) is 11.1 Å². The number of aliphatic hydroxyl groups is 1. The Balaban J connectivity index is 1.89. The Morgan fingerprint density at radius 3 is 2.29 bits per heavy atom. The number of tetrazole rings is 1. The molecule has 4 rings (SSSR count). The van der Waals surface area contributed by atoms with Crippen molar-refractivity contribution in [2.75, 3.05) is 0 Å². The zero-order valence-electron chi connectivity index (χ0n) is 19.4. The normalized spacial score (nSPS) is 18.1. The largest absolute Gasteiger partial charge is 0.383 e. The molecule has 1 aliphatic rings. The first kappa shape index (κ1) is 23.3. The van der Waals surface area contributed by atoms with Crippen molar-refractivity contribution in [3.63, 3.8) is 0 Å². The number of benzene rings is 2. The maximum atomic E-state index is 14.1. The van der Waals surface area contributed by atoms with Crippen LogP contribution in [-0.2, 0) is 16.0 Å². The molecule has 1 aliphatic heterocycles. The molecule has 2 unspecified atom stereocenters. The minimum Gasteiger partial charge on any atom is -0.383 e. The molecule has 176 valence electrons. The van der Waals surface area contributed by atoms with Crippen molar-refractivity contribution in [3.8, 4) is 0 Å². The Morgan fingerprint density at radius 1 is 1.09 bits per heavy atom. The number of aromatic amines is 1. The van der Waals surface area contributed by atoms with E-state index in [2.05, 4.69) is 20.6 Å². The SMILES string of the molecule is CC(=O)N1C=C(c2ccccc2)N([C@@H](Cc2ccccc2)C(O)c2nn[nH]n2)C(=O)C1C(C)C. The average molecular weight is 461 g/mol. The third-order valence-electron chi connectivity index (χ3n) is 5.99. The van der Waals surface area contributed by atoms with Crippen LogP contribution in [0.1, 0.15) is 43.8 Å². The molecular weight excluding hydrogens is 432 g/mol. The van der Waals surface area contributed by atoms with E-state index >= 15 is 0 Å². The molecule has 3 aromatic rings. The lowest BCUT2D eigenvalue weighted by molar-refractivity contribution is -0.146. The summed E-state index contributed by atoms with van der Waals surface area (Å²) in [5, 5.41) is 25.3. The van der Waals surface area contributed by atoms with Gasteiger partial charge in [0.1, 0.15) is 12.1 Å². The maximum absolute atomic E-state index is 14.1. The van der Waals surface area contributed by atoms with Gasteiger partial charge in [0.25, 0.3) is 5.91 Å². The van der Waals surface area contributed by atoms with E-state index in [4.69, 9.17) is 0 Å². The summed E-state index contributed by atoms with van der Waals surface area (Å²) in [5.41, 5.74) is 2.22. The molecule has 1 aromatic heterocycles. The summed E-state index contributed by atoms with van der Waals surface area (Å²) < 4.78 is 0. The average Bonchev–Trinajstić information content (AvgIpc) is 3.38. The smallest absolute Gasteiger partial charge is 0.250 e. The zero-order valence-corrected chi connectivity index (χ0v) is 19.4. The van der Waals surface area contributed by atoms with Gasteiger partial charge in [0.2, 0.25) is 11.7 Å². The van der Waals surface area contributed by atoms with Gasteiger partial charge in [-0.3, -0.25) is 9.59 Å². The molecule has 34 heavy (non-hydrogen) atoms. The zero-order chi connectivity index (χ0) is 24.2. The second-order valence-corrected chi connectivity index (χ2v) is 8.68. The number of hydrogen-bond acceptors (Lipinski definition) is 6. The summed E-state index contributed by atoms with van der Waals surface area (Å²) in [4.78, 5) is 29.7. The standard InChI is InChI=1S/C25H28N6O3/c1-16(2)22-25(34)31(21(15-30(22)17(3)32)19-12-8-5-9-13-19)20(14-18-10-6-4-7-11-18)23(33)24-26-28-29-27-24/h4-13,15-16,20,22-23,33H,14H2,1-3H3,(H,26,27,28,29)/t20-,22?,23?/m0/s1. The van der Waals surface area contributed by atoms with E-state index in [1.807, 2.05) is 74.5 Å². The van der Waals surface area contributed by atoms with Crippen LogP contribution in [0.5, 0.6) is 0 Å². The van der Waals surface area contributed by atoms with Crippen LogP contribution < -0.4 is 0 Å². The minimum absolute atomic E-state index is 0.0937. The van der Waals surface area contributed by atoms with E-state index in [0.717, 1.165) is 11.1 Å². The van der Waals surface area contributed by atoms with Crippen LogP contribution in [0.25, 0.3) is 5.70 Å². The van der Waals surface area contributed by atoms with Crippen LogP contribution >= 0.6 is 0 Å². The van der Waals surface area contributed by atoms with Crippen molar-refractivity contribution in [1.82, 2.24) is 30.4 Å². The van der Waals surface area contributed by atoms with Gasteiger partial charge in [-0.2, -0.15) is 5.21 Å². The van der Waals surface area contributed by atoms with Crippen molar-refractivity contribution < 1.29 is 14.7 Å². The van der Waals surface area contributed by atoms with Gasteiger partial charge in [-0.1, -0.05) is 79.7 Å². The fraction of sp³-hybridized carbons (Fsp3) is 0.320. The molecule has 0 fully saturated rings. The molecule has 3 atom stereocenters. The molecule has 2 amide bonds. The highest BCUT2D eigenvalue weighted by atomic mass is 16.3. The quantitative estimate of drug-likeness (QED) is 0.560. The van der Waals surface area contributed by atoms with E-state index in [-0.39, 0.29) is 23.6 Å². The monoisotopic (exact) mass is 460 g/mol. The molecule has 2 heterocycles. The van der Waals surface area contributed by atoms with Crippen LogP contribution in [-0.4, -0.2) is 59.4 Å². The third-order valence-corrected chi connectivity index (χ3v) is 5.99. The van der Waals surface area contributed by atoms with Crippen molar-refractivity contribution in [3.05, 3.63) is 83.8 Å². The second kappa shape index (κ2) is 9.96. The van der Waals surface area contributed by atoms with Crippen molar-refractivity contribution in [1.29, 1.82) is 0 Å². The number of aliphatic hydroxyl groups excluding tert-OH is 1. The molecular formula is C25H28N6O3. The highest BCUT2D eigenvalue weighted by molar-refractivity contribution is 5.97. The Bertz CT molecular complexity index is 1150. The minimum atomic E-state index is -1.22. The van der Waals surface area contributed by atoms with Gasteiger partial charge in [0, 0.05) is 13.1 Å². The highest BCUT2D eigenvalue weighted by Gasteiger charge is 2.44. The van der Waals surface area contributed by atoms with Crippen molar-refractivity contribution in [2.45, 2.75) is 45.4 Å². The number of nitrogens with zero attached hydrogens (tertiary/aromatic N) is 5. The van der Waals surface area contributed by atoms with Crippen LogP contribution in [0, 0.1) is 5.92 Å². The number of amides is 2. The number of rotatable bonds is 7. The lowest BCUT2D eigenvalue weighted by Crippen LogP contribution is -2.58. The van der Waals surface area contributed by atoms with Gasteiger partial charge >= 0.3 is 0 Å². The van der Waals surface area contributed by atoms with Crippen molar-refractivity contribution in [2.24, 2.45) is 5.92 Å². The molecule has 9 heteroatoms. The number of carbonyl (C=O) groups is 2. The Kier molecular flexibility index (Phi) is 6.83. The number of hydrogen-bond donors (Lipinski definition) is 2. The molecule has 0 radical (unpaired) electrons. The van der Waals surface area contributed by atoms with E-state index in [0.29, 0.717) is 12.1 Å². The first-order chi connectivity index (χ1) is 16.4. The summed E-state index contributed by atoms with van der Waals surface area (Å²) in [7, 11) is 0. The van der Waals surface area contributed by atoms with Crippen LogP contribution in [0.2, 0.25) is 0 Å². The van der Waals surface area contributed by atoms with Crippen LogP contribution in [0.3, 0.4) is 0 Å². The van der Waals surface area contributed by atoms with Gasteiger partial charge in [-0.15, -0.1) is 10.2 Å². The molecule has 0 aliphatic carbocycles. The molecule has 0 saturated carbocycles. The number of H-pyrrole nitrogens is 1.